The van der Waals surface area contributed by atoms with Gasteiger partial charge in [0, 0.05) is 23.0 Å². The van der Waals surface area contributed by atoms with Crippen molar-refractivity contribution in [1.82, 2.24) is 5.32 Å². The smallest absolute Gasteiger partial charge is 0.356 e. The maximum Gasteiger partial charge on any atom is 0.356 e. The average Bonchev–Trinajstić information content (AvgIpc) is 2.75. The maximum absolute atomic E-state index is 12.3. The zero-order chi connectivity index (χ0) is 22.5. The fourth-order valence-electron chi connectivity index (χ4n) is 3.40. The molecule has 2 aromatic carbocycles. The first-order valence-corrected chi connectivity index (χ1v) is 9.77. The third-order valence-electron chi connectivity index (χ3n) is 4.87. The van der Waals surface area contributed by atoms with Gasteiger partial charge in [0.05, 0.1) is 14.2 Å². The summed E-state index contributed by atoms with van der Waals surface area (Å²) in [6, 6.07) is 13.4. The lowest BCUT2D eigenvalue weighted by Gasteiger charge is -2.23. The lowest BCUT2D eigenvalue weighted by Crippen LogP contribution is -2.29. The lowest BCUT2D eigenvalue weighted by molar-refractivity contribution is -0.132. The summed E-state index contributed by atoms with van der Waals surface area (Å²) in [5.41, 5.74) is 4.84. The Kier molecular flexibility index (Phi) is 6.55. The summed E-state index contributed by atoms with van der Waals surface area (Å²) >= 11 is 0. The van der Waals surface area contributed by atoms with E-state index in [2.05, 4.69) is 15.6 Å². The van der Waals surface area contributed by atoms with Crippen molar-refractivity contribution in [3.63, 3.8) is 0 Å². The van der Waals surface area contributed by atoms with Crippen molar-refractivity contribution in [1.29, 1.82) is 5.41 Å². The monoisotopic (exact) mass is 418 g/mol. The van der Waals surface area contributed by atoms with E-state index in [1.165, 1.54) is 7.11 Å². The molecule has 2 aromatic rings. The SMILES string of the molecule is COC(=O)C1=N/C(=C(/C(C)=N)c2c(C)cccc2C)NC(Nc2ccc(OC)cc2)=C1. The van der Waals surface area contributed by atoms with Crippen LogP contribution in [0.1, 0.15) is 23.6 Å². The van der Waals surface area contributed by atoms with Crippen molar-refractivity contribution in [2.75, 3.05) is 19.5 Å². The van der Waals surface area contributed by atoms with E-state index in [9.17, 15) is 4.79 Å². The number of hydrogen-bond donors (Lipinski definition) is 3. The Morgan fingerprint density at radius 2 is 1.71 bits per heavy atom. The van der Waals surface area contributed by atoms with Crippen LogP contribution in [-0.4, -0.2) is 31.6 Å². The molecule has 3 N–H and O–H groups in total. The van der Waals surface area contributed by atoms with Gasteiger partial charge in [0.2, 0.25) is 0 Å². The molecule has 0 fully saturated rings. The van der Waals surface area contributed by atoms with E-state index in [1.807, 2.05) is 56.3 Å². The number of nitrogens with zero attached hydrogens (tertiary/aromatic N) is 1. The van der Waals surface area contributed by atoms with Gasteiger partial charge in [-0.25, -0.2) is 9.79 Å². The minimum Gasteiger partial charge on any atom is -0.497 e. The number of esters is 1. The van der Waals surface area contributed by atoms with E-state index in [0.717, 1.165) is 28.1 Å². The summed E-state index contributed by atoms with van der Waals surface area (Å²) in [5, 5.41) is 14.9. The highest BCUT2D eigenvalue weighted by Gasteiger charge is 2.23. The second-order valence-corrected chi connectivity index (χ2v) is 7.14. The molecule has 0 saturated heterocycles. The van der Waals surface area contributed by atoms with Crippen LogP contribution in [0.25, 0.3) is 5.57 Å². The quantitative estimate of drug-likeness (QED) is 0.483. The molecule has 0 aliphatic carbocycles. The topological polar surface area (TPSA) is 95.8 Å². The number of nitrogens with one attached hydrogen (secondary N) is 3. The molecule has 0 spiro atoms. The molecule has 0 amide bonds. The second-order valence-electron chi connectivity index (χ2n) is 7.14. The number of ether oxygens (including phenoxy) is 2. The van der Waals surface area contributed by atoms with Gasteiger partial charge in [0.15, 0.2) is 5.71 Å². The molecular weight excluding hydrogens is 392 g/mol. The normalized spacial score (nSPS) is 14.6. The summed E-state index contributed by atoms with van der Waals surface area (Å²) < 4.78 is 10.1. The summed E-state index contributed by atoms with van der Waals surface area (Å²) in [4.78, 5) is 16.8. The standard InChI is InChI=1S/C24H26N4O3/c1-14-7-6-8-15(2)21(14)22(16(3)25)23-27-19(24(29)31-5)13-20(28-23)26-17-9-11-18(30-4)12-10-17/h6-13,25-26,28H,1-5H3/b23-22+,25-16?. The van der Waals surface area contributed by atoms with Crippen molar-refractivity contribution in [2.45, 2.75) is 20.8 Å². The largest absolute Gasteiger partial charge is 0.497 e. The van der Waals surface area contributed by atoms with Gasteiger partial charge in [0.25, 0.3) is 0 Å². The number of aryl methyl sites for hydroxylation is 2. The van der Waals surface area contributed by atoms with Gasteiger partial charge >= 0.3 is 5.97 Å². The summed E-state index contributed by atoms with van der Waals surface area (Å²) in [7, 11) is 2.92. The van der Waals surface area contributed by atoms with Crippen molar-refractivity contribution in [2.24, 2.45) is 4.99 Å². The number of carbonyl (C=O) groups is 1. The molecule has 0 atom stereocenters. The Hall–Kier alpha value is -3.87. The number of aliphatic imine (C=N–C) groups is 1. The van der Waals surface area contributed by atoms with E-state index in [4.69, 9.17) is 14.9 Å². The number of rotatable bonds is 6. The molecule has 1 aliphatic heterocycles. The number of anilines is 1. The van der Waals surface area contributed by atoms with Crippen LogP contribution >= 0.6 is 0 Å². The predicted octanol–water partition coefficient (Wildman–Crippen LogP) is 4.19. The van der Waals surface area contributed by atoms with Crippen molar-refractivity contribution >= 4 is 28.7 Å². The van der Waals surface area contributed by atoms with E-state index in [1.54, 1.807) is 20.1 Å². The van der Waals surface area contributed by atoms with Crippen molar-refractivity contribution in [3.05, 3.63) is 76.9 Å². The van der Waals surface area contributed by atoms with Crippen LogP contribution < -0.4 is 15.4 Å². The summed E-state index contributed by atoms with van der Waals surface area (Å²) in [6.07, 6.45) is 1.58. The number of carbonyl (C=O) groups excluding carboxylic acids is 1. The molecule has 1 aliphatic rings. The van der Waals surface area contributed by atoms with Crippen molar-refractivity contribution in [3.8, 4) is 5.75 Å². The fourth-order valence-corrected chi connectivity index (χ4v) is 3.40. The molecule has 1 heterocycles. The Balaban J connectivity index is 2.10. The number of hydrogen-bond acceptors (Lipinski definition) is 7. The Morgan fingerprint density at radius 3 is 2.26 bits per heavy atom. The first-order chi connectivity index (χ1) is 14.8. The van der Waals surface area contributed by atoms with Crippen LogP contribution in [0.15, 0.2) is 65.2 Å². The summed E-state index contributed by atoms with van der Waals surface area (Å²) in [5.74, 6) is 1.13. The maximum atomic E-state index is 12.3. The zero-order valence-electron chi connectivity index (χ0n) is 18.3. The molecule has 0 radical (unpaired) electrons. The van der Waals surface area contributed by atoms with E-state index in [-0.39, 0.29) is 5.71 Å². The zero-order valence-corrected chi connectivity index (χ0v) is 18.3. The Labute approximate surface area is 182 Å². The van der Waals surface area contributed by atoms with Gasteiger partial charge < -0.3 is 25.5 Å². The van der Waals surface area contributed by atoms with Crippen molar-refractivity contribution < 1.29 is 14.3 Å². The van der Waals surface area contributed by atoms with Crippen LogP contribution in [0, 0.1) is 19.3 Å². The highest BCUT2D eigenvalue weighted by atomic mass is 16.5. The first-order valence-electron chi connectivity index (χ1n) is 9.77. The molecule has 0 aromatic heterocycles. The van der Waals surface area contributed by atoms with Crippen LogP contribution in [0.3, 0.4) is 0 Å². The third kappa shape index (κ3) is 4.83. The minimum absolute atomic E-state index is 0.136. The van der Waals surface area contributed by atoms with Crippen LogP contribution in [-0.2, 0) is 9.53 Å². The number of allylic oxidation sites excluding steroid dienone is 1. The Morgan fingerprint density at radius 1 is 1.06 bits per heavy atom. The molecule has 3 rings (SSSR count). The van der Waals surface area contributed by atoms with Gasteiger partial charge in [-0.1, -0.05) is 18.2 Å². The molecule has 0 unspecified atom stereocenters. The highest BCUT2D eigenvalue weighted by Crippen LogP contribution is 2.28. The minimum atomic E-state index is -0.559. The average molecular weight is 418 g/mol. The number of methoxy groups -OCH3 is 2. The van der Waals surface area contributed by atoms with Gasteiger partial charge in [-0.15, -0.1) is 0 Å². The molecule has 7 heteroatoms. The van der Waals surface area contributed by atoms with Gasteiger partial charge in [-0.3, -0.25) is 0 Å². The first kappa shape index (κ1) is 21.8. The second kappa shape index (κ2) is 9.30. The lowest BCUT2D eigenvalue weighted by atomic mass is 9.92. The molecule has 31 heavy (non-hydrogen) atoms. The molecule has 7 nitrogen and oxygen atoms in total. The molecule has 0 bridgehead atoms. The van der Waals surface area contributed by atoms with Gasteiger partial charge in [-0.2, -0.15) is 0 Å². The molecule has 0 saturated carbocycles. The van der Waals surface area contributed by atoms with E-state index < -0.39 is 5.97 Å². The fraction of sp³-hybridized carbons (Fsp3) is 0.208. The summed E-state index contributed by atoms with van der Waals surface area (Å²) in [6.45, 7) is 5.69. The molecular formula is C24H26N4O3. The highest BCUT2D eigenvalue weighted by molar-refractivity contribution is 6.42. The number of benzene rings is 2. The predicted molar refractivity (Wildman–Crippen MR) is 124 cm³/mol. The Bertz CT molecular complexity index is 1090. The van der Waals surface area contributed by atoms with Gasteiger partial charge in [-0.05, 0) is 61.7 Å². The van der Waals surface area contributed by atoms with Crippen LogP contribution in [0.2, 0.25) is 0 Å². The van der Waals surface area contributed by atoms with E-state index in [0.29, 0.717) is 22.9 Å². The molecule has 160 valence electrons. The van der Waals surface area contributed by atoms with Gasteiger partial charge in [0.1, 0.15) is 17.4 Å². The third-order valence-corrected chi connectivity index (χ3v) is 4.87. The van der Waals surface area contributed by atoms with E-state index >= 15 is 0 Å². The van der Waals surface area contributed by atoms with Crippen LogP contribution in [0.4, 0.5) is 5.69 Å². The van der Waals surface area contributed by atoms with Crippen LogP contribution in [0.5, 0.6) is 5.75 Å².